The molecule has 0 radical (unpaired) electrons. The Morgan fingerprint density at radius 1 is 1.28 bits per heavy atom. The number of thiophene rings is 1. The topological polar surface area (TPSA) is 136 Å². The number of amides is 1. The molecule has 0 saturated carbocycles. The predicted molar refractivity (Wildman–Crippen MR) is 101 cm³/mol. The zero-order valence-electron chi connectivity index (χ0n) is 12.8. The van der Waals surface area contributed by atoms with Crippen LogP contribution in [-0.4, -0.2) is 21.5 Å². The Morgan fingerprint density at radius 2 is 1.92 bits per heavy atom. The van der Waals surface area contributed by atoms with Crippen LogP contribution in [0.15, 0.2) is 47.9 Å². The lowest BCUT2D eigenvalue weighted by molar-refractivity contribution is -0.116. The molecule has 2 rings (SSSR count). The highest BCUT2D eigenvalue weighted by molar-refractivity contribution is 7.52. The van der Waals surface area contributed by atoms with E-state index in [1.54, 1.807) is 6.08 Å². The number of nitrogens with one attached hydrogen (secondary N) is 2. The molecule has 0 bridgehead atoms. The van der Waals surface area contributed by atoms with Crippen molar-refractivity contribution in [2.24, 2.45) is 5.73 Å². The van der Waals surface area contributed by atoms with Gasteiger partial charge in [0.25, 0.3) is 0 Å². The smallest absolute Gasteiger partial charge is 0.352 e. The summed E-state index contributed by atoms with van der Waals surface area (Å²) in [6.45, 7) is 0. The molecule has 0 fully saturated rings. The molecule has 0 saturated heterocycles. The van der Waals surface area contributed by atoms with Crippen molar-refractivity contribution in [1.82, 2.24) is 5.32 Å². The molecule has 1 aromatic heterocycles. The number of nitrogens with two attached hydrogens (primary N) is 1. The van der Waals surface area contributed by atoms with Crippen LogP contribution >= 0.6 is 31.3 Å². The van der Waals surface area contributed by atoms with E-state index in [1.807, 2.05) is 17.5 Å². The van der Waals surface area contributed by atoms with E-state index in [-0.39, 0.29) is 23.8 Å². The number of halogens is 1. The summed E-state index contributed by atoms with van der Waals surface area (Å²) in [6.07, 6.45) is 2.79. The van der Waals surface area contributed by atoms with Crippen LogP contribution in [0.3, 0.4) is 0 Å². The third kappa shape index (κ3) is 6.12. The van der Waals surface area contributed by atoms with Crippen molar-refractivity contribution in [3.8, 4) is 0 Å². The summed E-state index contributed by atoms with van der Waals surface area (Å²) in [5, 5.41) is 11.5. The van der Waals surface area contributed by atoms with Gasteiger partial charge in [-0.2, -0.15) is 0 Å². The van der Waals surface area contributed by atoms with Crippen molar-refractivity contribution in [3.05, 3.63) is 63.9 Å². The van der Waals surface area contributed by atoms with Gasteiger partial charge in [-0.05, 0) is 23.1 Å². The third-order valence-electron chi connectivity index (χ3n) is 3.09. The Bertz CT molecular complexity index is 803. The highest BCUT2D eigenvalue weighted by Crippen LogP contribution is 2.49. The number of carbonyl (C=O) groups is 1. The van der Waals surface area contributed by atoms with Crippen LogP contribution in [0.25, 0.3) is 6.08 Å². The van der Waals surface area contributed by atoms with E-state index in [2.05, 4.69) is 5.32 Å². The van der Waals surface area contributed by atoms with Crippen LogP contribution in [0, 0.1) is 5.41 Å². The summed E-state index contributed by atoms with van der Waals surface area (Å²) < 4.78 is 11.7. The molecule has 1 atom stereocenters. The summed E-state index contributed by atoms with van der Waals surface area (Å²) in [4.78, 5) is 31.8. The second kappa shape index (κ2) is 8.94. The predicted octanol–water partition coefficient (Wildman–Crippen LogP) is 2.46. The zero-order valence-corrected chi connectivity index (χ0v) is 15.4. The van der Waals surface area contributed by atoms with Crippen LogP contribution in [0.2, 0.25) is 0 Å². The summed E-state index contributed by atoms with van der Waals surface area (Å²) >= 11 is 1.44. The molecule has 7 nitrogen and oxygen atoms in total. The van der Waals surface area contributed by atoms with Gasteiger partial charge in [0.15, 0.2) is 5.78 Å². The number of rotatable bonds is 6. The van der Waals surface area contributed by atoms with Crippen LogP contribution in [-0.2, 0) is 9.36 Å². The maximum absolute atomic E-state index is 12.0. The minimum Gasteiger partial charge on any atom is -0.384 e. The molecule has 0 aliphatic carbocycles. The number of nitrogen functional groups attached to an aromatic ring is 1. The standard InChI is InChI=1S/C15H16N3O4PS.ClH/c16-14(17)10-3-5-11(6-4-10)15(23(20,21)22)18-13(19)8-7-12-2-1-9-24-12;/h1-9,15H,(H3,16,17)(H,18,19)(H2,20,21,22);1H/b8-7+;. The Kier molecular flexibility index (Phi) is 7.54. The van der Waals surface area contributed by atoms with Crippen molar-refractivity contribution in [1.29, 1.82) is 5.41 Å². The maximum atomic E-state index is 12.0. The first kappa shape index (κ1) is 21.1. The first-order valence-corrected chi connectivity index (χ1v) is 9.35. The van der Waals surface area contributed by atoms with Gasteiger partial charge in [-0.15, -0.1) is 23.7 Å². The van der Waals surface area contributed by atoms with Gasteiger partial charge in [-0.1, -0.05) is 30.3 Å². The molecule has 2 aromatic rings. The number of hydrogen-bond acceptors (Lipinski definition) is 4. The molecule has 0 aliphatic heterocycles. The van der Waals surface area contributed by atoms with Crippen LogP contribution in [0.4, 0.5) is 0 Å². The average molecular weight is 402 g/mol. The average Bonchev–Trinajstić information content (AvgIpc) is 3.03. The van der Waals surface area contributed by atoms with Crippen molar-refractivity contribution in [3.63, 3.8) is 0 Å². The molecule has 134 valence electrons. The molecular weight excluding hydrogens is 385 g/mol. The normalized spacial score (nSPS) is 12.4. The summed E-state index contributed by atoms with van der Waals surface area (Å²) in [6, 6.07) is 9.42. The minimum atomic E-state index is -4.62. The Labute approximate surface area is 154 Å². The van der Waals surface area contributed by atoms with E-state index < -0.39 is 19.3 Å². The van der Waals surface area contributed by atoms with Gasteiger partial charge in [0.1, 0.15) is 5.84 Å². The van der Waals surface area contributed by atoms with E-state index >= 15 is 0 Å². The quantitative estimate of drug-likeness (QED) is 0.219. The molecule has 6 N–H and O–H groups in total. The lowest BCUT2D eigenvalue weighted by Gasteiger charge is -2.19. The van der Waals surface area contributed by atoms with E-state index in [4.69, 9.17) is 11.1 Å². The van der Waals surface area contributed by atoms with Crippen molar-refractivity contribution < 1.29 is 19.1 Å². The Hall–Kier alpha value is -1.96. The SMILES string of the molecule is Cl.N=C(N)c1ccc(C(NC(=O)/C=C/c2cccs2)P(=O)(O)O)cc1. The highest BCUT2D eigenvalue weighted by atomic mass is 35.5. The van der Waals surface area contributed by atoms with Crippen LogP contribution < -0.4 is 11.1 Å². The highest BCUT2D eigenvalue weighted by Gasteiger charge is 2.31. The van der Waals surface area contributed by atoms with Gasteiger partial charge in [-0.25, -0.2) is 0 Å². The number of carbonyl (C=O) groups excluding carboxylic acids is 1. The van der Waals surface area contributed by atoms with Gasteiger partial charge in [0.2, 0.25) is 5.91 Å². The Morgan fingerprint density at radius 3 is 2.40 bits per heavy atom. The maximum Gasteiger partial charge on any atom is 0.352 e. The third-order valence-corrected chi connectivity index (χ3v) is 5.03. The van der Waals surface area contributed by atoms with E-state index in [1.165, 1.54) is 41.7 Å². The van der Waals surface area contributed by atoms with Crippen molar-refractivity contribution in [2.45, 2.75) is 5.78 Å². The lowest BCUT2D eigenvalue weighted by Crippen LogP contribution is -2.27. The molecule has 1 heterocycles. The molecule has 0 spiro atoms. The number of benzene rings is 1. The molecule has 1 unspecified atom stereocenters. The van der Waals surface area contributed by atoms with Crippen molar-refractivity contribution >= 4 is 49.2 Å². The molecule has 10 heteroatoms. The van der Waals surface area contributed by atoms with Gasteiger partial charge in [0.05, 0.1) is 0 Å². The first-order chi connectivity index (χ1) is 11.3. The summed E-state index contributed by atoms with van der Waals surface area (Å²) in [7, 11) is -4.62. The summed E-state index contributed by atoms with van der Waals surface area (Å²) in [5.74, 6) is -2.25. The fourth-order valence-corrected chi connectivity index (χ4v) is 3.41. The van der Waals surface area contributed by atoms with Gasteiger partial charge in [-0.3, -0.25) is 14.8 Å². The number of hydrogen-bond donors (Lipinski definition) is 5. The molecule has 0 aliphatic rings. The fraction of sp³-hybridized carbons (Fsp3) is 0.0667. The Balaban J connectivity index is 0.00000312. The van der Waals surface area contributed by atoms with Gasteiger partial charge in [0, 0.05) is 16.5 Å². The van der Waals surface area contributed by atoms with E-state index in [0.717, 1.165) is 4.88 Å². The second-order valence-corrected chi connectivity index (χ2v) is 7.56. The second-order valence-electron chi connectivity index (χ2n) is 4.88. The zero-order chi connectivity index (χ0) is 17.7. The van der Waals surface area contributed by atoms with Crippen LogP contribution in [0.1, 0.15) is 21.8 Å². The molecular formula is C15H17ClN3O4PS. The van der Waals surface area contributed by atoms with Crippen molar-refractivity contribution in [2.75, 3.05) is 0 Å². The molecule has 1 amide bonds. The monoisotopic (exact) mass is 401 g/mol. The minimum absolute atomic E-state index is 0. The largest absolute Gasteiger partial charge is 0.384 e. The van der Waals surface area contributed by atoms with Gasteiger partial charge >= 0.3 is 7.60 Å². The fourth-order valence-electron chi connectivity index (χ4n) is 1.93. The van der Waals surface area contributed by atoms with Crippen LogP contribution in [0.5, 0.6) is 0 Å². The number of amidine groups is 1. The first-order valence-electron chi connectivity index (χ1n) is 6.79. The summed E-state index contributed by atoms with van der Waals surface area (Å²) in [5.41, 5.74) is 6.00. The van der Waals surface area contributed by atoms with E-state index in [9.17, 15) is 19.1 Å². The van der Waals surface area contributed by atoms with Gasteiger partial charge < -0.3 is 20.8 Å². The van der Waals surface area contributed by atoms with E-state index in [0.29, 0.717) is 5.56 Å². The molecule has 25 heavy (non-hydrogen) atoms. The molecule has 1 aromatic carbocycles. The lowest BCUT2D eigenvalue weighted by atomic mass is 10.1.